The van der Waals surface area contributed by atoms with Crippen LogP contribution in [0.5, 0.6) is 0 Å². The molecule has 2 aromatic heterocycles. The van der Waals surface area contributed by atoms with Gasteiger partial charge in [-0.15, -0.1) is 5.10 Å². The number of sulfone groups is 1. The van der Waals surface area contributed by atoms with Crippen LogP contribution in [0.25, 0.3) is 16.6 Å². The predicted octanol–water partition coefficient (Wildman–Crippen LogP) is 4.62. The molecule has 0 spiro atoms. The molecule has 5 rings (SSSR count). The maximum Gasteiger partial charge on any atom is 0.229 e. The molecule has 0 aliphatic carbocycles. The third kappa shape index (κ3) is 3.42. The average Bonchev–Trinajstić information content (AvgIpc) is 3.19. The van der Waals surface area contributed by atoms with Gasteiger partial charge < -0.3 is 4.90 Å². The molecule has 7 nitrogen and oxygen atoms in total. The normalized spacial score (nSPS) is 17.4. The van der Waals surface area contributed by atoms with Gasteiger partial charge in [-0.1, -0.05) is 29.8 Å². The first-order valence-corrected chi connectivity index (χ1v) is 12.5. The number of benzene rings is 2. The number of aryl methyl sites for hydroxylation is 2. The van der Waals surface area contributed by atoms with Crippen molar-refractivity contribution in [3.05, 3.63) is 52.5 Å². The topological polar surface area (TPSA) is 80.5 Å². The predicted molar refractivity (Wildman–Crippen MR) is 125 cm³/mol. The summed E-state index contributed by atoms with van der Waals surface area (Å²) in [6.07, 6.45) is 2.22. The highest BCUT2D eigenvalue weighted by molar-refractivity contribution is 7.91. The van der Waals surface area contributed by atoms with E-state index in [1.54, 1.807) is 24.3 Å². The Morgan fingerprint density at radius 1 is 1.09 bits per heavy atom. The number of piperidine rings is 1. The van der Waals surface area contributed by atoms with Crippen LogP contribution in [0.4, 0.5) is 5.82 Å². The molecule has 166 valence electrons. The molecule has 1 aliphatic heterocycles. The molecule has 0 saturated carbocycles. The molecular formula is C23H24ClN5O2S. The lowest BCUT2D eigenvalue weighted by Gasteiger charge is -2.32. The van der Waals surface area contributed by atoms with Crippen LogP contribution in [0.3, 0.4) is 0 Å². The first-order chi connectivity index (χ1) is 15.3. The summed E-state index contributed by atoms with van der Waals surface area (Å²) in [7, 11) is -3.90. The lowest BCUT2D eigenvalue weighted by atomic mass is 10.00. The fourth-order valence-electron chi connectivity index (χ4n) is 4.34. The molecule has 1 aliphatic rings. The summed E-state index contributed by atoms with van der Waals surface area (Å²) < 4.78 is 28.5. The van der Waals surface area contributed by atoms with E-state index in [4.69, 9.17) is 16.6 Å². The Labute approximate surface area is 191 Å². The van der Waals surface area contributed by atoms with Gasteiger partial charge in [0, 0.05) is 23.5 Å². The minimum Gasteiger partial charge on any atom is -0.356 e. The molecular weight excluding hydrogens is 446 g/mol. The summed E-state index contributed by atoms with van der Waals surface area (Å²) in [5.41, 5.74) is 2.88. The average molecular weight is 470 g/mol. The van der Waals surface area contributed by atoms with E-state index in [0.717, 1.165) is 53.8 Å². The van der Waals surface area contributed by atoms with Crippen molar-refractivity contribution < 1.29 is 8.42 Å². The van der Waals surface area contributed by atoms with Gasteiger partial charge >= 0.3 is 0 Å². The van der Waals surface area contributed by atoms with Crippen molar-refractivity contribution >= 4 is 43.8 Å². The van der Waals surface area contributed by atoms with Crippen LogP contribution in [0.2, 0.25) is 5.02 Å². The van der Waals surface area contributed by atoms with E-state index in [1.807, 2.05) is 26.0 Å². The Balaban J connectivity index is 1.77. The number of aromatic nitrogens is 4. The van der Waals surface area contributed by atoms with Gasteiger partial charge in [0.05, 0.1) is 10.4 Å². The molecule has 2 aromatic carbocycles. The quantitative estimate of drug-likeness (QED) is 0.435. The Morgan fingerprint density at radius 2 is 1.91 bits per heavy atom. The Bertz CT molecular complexity index is 1460. The Morgan fingerprint density at radius 3 is 2.66 bits per heavy atom. The molecule has 0 unspecified atom stereocenters. The van der Waals surface area contributed by atoms with Gasteiger partial charge in [-0.3, -0.25) is 0 Å². The third-order valence-corrected chi connectivity index (χ3v) is 8.14. The van der Waals surface area contributed by atoms with Crippen molar-refractivity contribution in [3.8, 4) is 0 Å². The highest BCUT2D eigenvalue weighted by Gasteiger charge is 2.29. The van der Waals surface area contributed by atoms with Crippen molar-refractivity contribution in [1.82, 2.24) is 19.8 Å². The van der Waals surface area contributed by atoms with E-state index in [9.17, 15) is 8.42 Å². The number of hydrogen-bond donors (Lipinski definition) is 0. The molecule has 0 bridgehead atoms. The molecule has 0 radical (unpaired) electrons. The minimum atomic E-state index is -3.90. The summed E-state index contributed by atoms with van der Waals surface area (Å²) in [6, 6.07) is 10.5. The van der Waals surface area contributed by atoms with Crippen LogP contribution in [0, 0.1) is 19.8 Å². The van der Waals surface area contributed by atoms with Crippen LogP contribution in [-0.2, 0) is 9.84 Å². The number of fused-ring (bicyclic) bond motifs is 3. The Kier molecular flexibility index (Phi) is 5.09. The van der Waals surface area contributed by atoms with Crippen LogP contribution in [-0.4, -0.2) is 41.3 Å². The van der Waals surface area contributed by atoms with E-state index in [0.29, 0.717) is 10.9 Å². The lowest BCUT2D eigenvalue weighted by Crippen LogP contribution is -2.35. The zero-order valence-electron chi connectivity index (χ0n) is 18.2. The van der Waals surface area contributed by atoms with Gasteiger partial charge in [-0.05, 0) is 74.1 Å². The Hall–Kier alpha value is -2.71. The second-order valence-corrected chi connectivity index (χ2v) is 11.0. The van der Waals surface area contributed by atoms with Gasteiger partial charge in [0.15, 0.2) is 5.65 Å². The zero-order valence-corrected chi connectivity index (χ0v) is 19.8. The largest absolute Gasteiger partial charge is 0.356 e. The minimum absolute atomic E-state index is 0.135. The maximum atomic E-state index is 13.5. The SMILES string of the molecule is Cc1ccc(S(=O)(=O)c2nnn3c2nc(N2CCC[C@H](C)C2)c2cc(Cl)ccc23)cc1C. The fraction of sp³-hybridized carbons (Fsp3) is 0.348. The molecule has 32 heavy (non-hydrogen) atoms. The second-order valence-electron chi connectivity index (χ2n) is 8.67. The van der Waals surface area contributed by atoms with E-state index >= 15 is 0 Å². The van der Waals surface area contributed by atoms with E-state index in [1.165, 1.54) is 4.52 Å². The van der Waals surface area contributed by atoms with E-state index in [2.05, 4.69) is 22.1 Å². The standard InChI is InChI=1S/C23H24ClN5O2S/c1-14-5-4-10-28(13-14)21-19-12-17(24)7-9-20(19)29-22(25-21)23(26-27-29)32(30,31)18-8-6-15(2)16(3)11-18/h6-9,11-12,14H,4-5,10,13H2,1-3H3/t14-/m0/s1. The smallest absolute Gasteiger partial charge is 0.229 e. The molecule has 4 aromatic rings. The van der Waals surface area contributed by atoms with Gasteiger partial charge in [-0.2, -0.15) is 4.52 Å². The molecule has 3 heterocycles. The molecule has 0 N–H and O–H groups in total. The second kappa shape index (κ2) is 7.71. The number of rotatable bonds is 3. The first kappa shape index (κ1) is 21.2. The molecule has 1 fully saturated rings. The summed E-state index contributed by atoms with van der Waals surface area (Å²) in [4.78, 5) is 7.22. The van der Waals surface area contributed by atoms with Gasteiger partial charge in [0.2, 0.25) is 14.9 Å². The summed E-state index contributed by atoms with van der Waals surface area (Å²) in [6.45, 7) is 7.77. The van der Waals surface area contributed by atoms with E-state index < -0.39 is 9.84 Å². The highest BCUT2D eigenvalue weighted by atomic mass is 35.5. The van der Waals surface area contributed by atoms with Crippen LogP contribution < -0.4 is 4.90 Å². The number of nitrogens with zero attached hydrogens (tertiary/aromatic N) is 5. The summed E-state index contributed by atoms with van der Waals surface area (Å²) in [5.74, 6) is 1.25. The van der Waals surface area contributed by atoms with Crippen molar-refractivity contribution in [2.75, 3.05) is 18.0 Å². The van der Waals surface area contributed by atoms with Gasteiger partial charge in [0.25, 0.3) is 0 Å². The number of halogens is 1. The number of hydrogen-bond acceptors (Lipinski definition) is 6. The van der Waals surface area contributed by atoms with Crippen LogP contribution >= 0.6 is 11.6 Å². The lowest BCUT2D eigenvalue weighted by molar-refractivity contribution is 0.445. The summed E-state index contributed by atoms with van der Waals surface area (Å²) in [5, 5.41) is 9.54. The fourth-order valence-corrected chi connectivity index (χ4v) is 5.83. The zero-order chi connectivity index (χ0) is 22.6. The van der Waals surface area contributed by atoms with Crippen LogP contribution in [0.1, 0.15) is 30.9 Å². The maximum absolute atomic E-state index is 13.5. The highest BCUT2D eigenvalue weighted by Crippen LogP contribution is 2.33. The molecule has 9 heteroatoms. The molecule has 0 amide bonds. The molecule has 1 atom stereocenters. The van der Waals surface area contributed by atoms with Crippen molar-refractivity contribution in [2.24, 2.45) is 5.92 Å². The van der Waals surface area contributed by atoms with Crippen molar-refractivity contribution in [1.29, 1.82) is 0 Å². The summed E-state index contributed by atoms with van der Waals surface area (Å²) >= 11 is 6.31. The third-order valence-electron chi connectivity index (χ3n) is 6.26. The van der Waals surface area contributed by atoms with E-state index in [-0.39, 0.29) is 15.6 Å². The molecule has 1 saturated heterocycles. The van der Waals surface area contributed by atoms with Crippen molar-refractivity contribution in [3.63, 3.8) is 0 Å². The van der Waals surface area contributed by atoms with Crippen LogP contribution in [0.15, 0.2) is 46.3 Å². The van der Waals surface area contributed by atoms with Gasteiger partial charge in [0.1, 0.15) is 5.82 Å². The first-order valence-electron chi connectivity index (χ1n) is 10.7. The monoisotopic (exact) mass is 469 g/mol. The number of anilines is 1. The van der Waals surface area contributed by atoms with Crippen molar-refractivity contribution in [2.45, 2.75) is 43.5 Å². The van der Waals surface area contributed by atoms with Gasteiger partial charge in [-0.25, -0.2) is 13.4 Å².